The third kappa shape index (κ3) is 4.20. The maximum Gasteiger partial charge on any atom is 0.410 e. The molecule has 1 aliphatic heterocycles. The second-order valence-corrected chi connectivity index (χ2v) is 7.43. The third-order valence-electron chi connectivity index (χ3n) is 4.69. The lowest BCUT2D eigenvalue weighted by Gasteiger charge is -2.43. The van der Waals surface area contributed by atoms with Crippen molar-refractivity contribution in [3.05, 3.63) is 29.8 Å². The molecule has 0 spiro atoms. The molecular weight excluding hydrogens is 306 g/mol. The van der Waals surface area contributed by atoms with Crippen molar-refractivity contribution in [2.75, 3.05) is 20.3 Å². The monoisotopic (exact) mass is 335 g/mol. The van der Waals surface area contributed by atoms with Crippen LogP contribution < -0.4 is 4.74 Å². The highest BCUT2D eigenvalue weighted by molar-refractivity contribution is 5.68. The smallest absolute Gasteiger partial charge is 0.410 e. The number of hydrogen-bond donors (Lipinski definition) is 1. The highest BCUT2D eigenvalue weighted by Crippen LogP contribution is 2.37. The van der Waals surface area contributed by atoms with E-state index in [0.717, 1.165) is 12.2 Å². The van der Waals surface area contributed by atoms with Crippen LogP contribution in [0, 0.1) is 5.92 Å². The molecule has 0 radical (unpaired) electrons. The Morgan fingerprint density at radius 2 is 1.92 bits per heavy atom. The van der Waals surface area contributed by atoms with Crippen molar-refractivity contribution in [2.24, 2.45) is 5.92 Å². The van der Waals surface area contributed by atoms with Gasteiger partial charge in [0.05, 0.1) is 7.11 Å². The first kappa shape index (κ1) is 18.6. The predicted octanol–water partition coefficient (Wildman–Crippen LogP) is 3.42. The fraction of sp³-hybridized carbons (Fsp3) is 0.632. The quantitative estimate of drug-likeness (QED) is 0.919. The van der Waals surface area contributed by atoms with Gasteiger partial charge in [-0.2, -0.15) is 0 Å². The van der Waals surface area contributed by atoms with Gasteiger partial charge in [-0.15, -0.1) is 0 Å². The molecule has 1 aromatic rings. The van der Waals surface area contributed by atoms with Gasteiger partial charge in [0, 0.05) is 25.1 Å². The molecule has 1 saturated heterocycles. The van der Waals surface area contributed by atoms with Gasteiger partial charge in [-0.1, -0.05) is 12.1 Å². The Morgan fingerprint density at radius 3 is 2.42 bits per heavy atom. The van der Waals surface area contributed by atoms with Crippen LogP contribution in [0.2, 0.25) is 0 Å². The molecule has 0 saturated carbocycles. The van der Waals surface area contributed by atoms with Crippen molar-refractivity contribution < 1.29 is 19.4 Å². The van der Waals surface area contributed by atoms with Gasteiger partial charge in [-0.3, -0.25) is 0 Å². The Morgan fingerprint density at radius 1 is 1.29 bits per heavy atom. The largest absolute Gasteiger partial charge is 0.497 e. The van der Waals surface area contributed by atoms with E-state index in [9.17, 15) is 9.90 Å². The van der Waals surface area contributed by atoms with E-state index in [1.54, 1.807) is 12.0 Å². The molecular formula is C19H29NO4. The lowest BCUT2D eigenvalue weighted by atomic mass is 9.77. The lowest BCUT2D eigenvalue weighted by Crippen LogP contribution is -2.52. The van der Waals surface area contributed by atoms with Gasteiger partial charge in [0.2, 0.25) is 0 Å². The summed E-state index contributed by atoms with van der Waals surface area (Å²) in [6, 6.07) is 7.89. The van der Waals surface area contributed by atoms with Crippen LogP contribution in [-0.2, 0) is 4.74 Å². The number of aliphatic hydroxyl groups excluding tert-OH is 1. The van der Waals surface area contributed by atoms with Crippen LogP contribution in [0.4, 0.5) is 4.79 Å². The number of aliphatic hydroxyl groups is 1. The van der Waals surface area contributed by atoms with E-state index in [-0.39, 0.29) is 30.6 Å². The van der Waals surface area contributed by atoms with Crippen LogP contribution in [0.15, 0.2) is 24.3 Å². The summed E-state index contributed by atoms with van der Waals surface area (Å²) in [6.45, 7) is 8.25. The zero-order valence-corrected chi connectivity index (χ0v) is 15.3. The van der Waals surface area contributed by atoms with Gasteiger partial charge < -0.3 is 19.5 Å². The number of ether oxygens (including phenoxy) is 2. The Bertz CT molecular complexity index is 549. The van der Waals surface area contributed by atoms with Crippen molar-refractivity contribution in [1.82, 2.24) is 4.90 Å². The van der Waals surface area contributed by atoms with E-state index in [1.807, 2.05) is 52.0 Å². The summed E-state index contributed by atoms with van der Waals surface area (Å²) in [5, 5.41) is 9.92. The standard InChI is InChI=1S/C19H29NO4/c1-13-17(12-21)16(14-6-8-15(23-5)9-7-14)10-11-20(13)18(22)24-19(2,3)4/h6-9,13,16-17,21H,10-12H2,1-5H3/t13-,16+,17-/m1/s1. The van der Waals surface area contributed by atoms with Gasteiger partial charge >= 0.3 is 6.09 Å². The van der Waals surface area contributed by atoms with E-state index in [4.69, 9.17) is 9.47 Å². The van der Waals surface area contributed by atoms with Crippen LogP contribution in [0.5, 0.6) is 5.75 Å². The first-order valence-corrected chi connectivity index (χ1v) is 8.51. The van der Waals surface area contributed by atoms with E-state index in [0.29, 0.717) is 6.54 Å². The van der Waals surface area contributed by atoms with Crippen molar-refractivity contribution in [2.45, 2.75) is 51.7 Å². The van der Waals surface area contributed by atoms with E-state index in [1.165, 1.54) is 5.56 Å². The van der Waals surface area contributed by atoms with Crippen LogP contribution in [0.3, 0.4) is 0 Å². The second kappa shape index (κ2) is 7.43. The average Bonchev–Trinajstić information content (AvgIpc) is 2.52. The van der Waals surface area contributed by atoms with Crippen LogP contribution in [0.25, 0.3) is 0 Å². The molecule has 5 nitrogen and oxygen atoms in total. The number of methoxy groups -OCH3 is 1. The first-order valence-electron chi connectivity index (χ1n) is 8.51. The third-order valence-corrected chi connectivity index (χ3v) is 4.69. The maximum absolute atomic E-state index is 12.4. The molecule has 1 fully saturated rings. The molecule has 1 amide bonds. The summed E-state index contributed by atoms with van der Waals surface area (Å²) in [7, 11) is 1.65. The van der Waals surface area contributed by atoms with Crippen molar-refractivity contribution in [3.63, 3.8) is 0 Å². The summed E-state index contributed by atoms with van der Waals surface area (Å²) in [6.07, 6.45) is 0.503. The molecule has 0 aromatic heterocycles. The van der Waals surface area contributed by atoms with Crippen LogP contribution in [0.1, 0.15) is 45.6 Å². The highest BCUT2D eigenvalue weighted by atomic mass is 16.6. The SMILES string of the molecule is COc1ccc([C@@H]2CCN(C(=O)OC(C)(C)C)[C@H](C)[C@H]2CO)cc1. The van der Waals surface area contributed by atoms with E-state index >= 15 is 0 Å². The number of likely N-dealkylation sites (tertiary alicyclic amines) is 1. The summed E-state index contributed by atoms with van der Waals surface area (Å²) in [4.78, 5) is 14.2. The predicted molar refractivity (Wildman–Crippen MR) is 93.3 cm³/mol. The molecule has 1 heterocycles. The Hall–Kier alpha value is -1.75. The zero-order chi connectivity index (χ0) is 17.9. The van der Waals surface area contributed by atoms with Gasteiger partial charge in [0.25, 0.3) is 0 Å². The number of benzene rings is 1. The Labute approximate surface area is 144 Å². The van der Waals surface area contributed by atoms with Crippen LogP contribution >= 0.6 is 0 Å². The second-order valence-electron chi connectivity index (χ2n) is 7.43. The van der Waals surface area contributed by atoms with Gasteiger partial charge in [-0.25, -0.2) is 4.79 Å². The molecule has 134 valence electrons. The molecule has 2 rings (SSSR count). The minimum Gasteiger partial charge on any atom is -0.497 e. The van der Waals surface area contributed by atoms with E-state index in [2.05, 4.69) is 0 Å². The molecule has 0 bridgehead atoms. The van der Waals surface area contributed by atoms with Crippen molar-refractivity contribution >= 4 is 6.09 Å². The number of amides is 1. The molecule has 24 heavy (non-hydrogen) atoms. The number of nitrogens with zero attached hydrogens (tertiary/aromatic N) is 1. The minimum absolute atomic E-state index is 0.0142. The van der Waals surface area contributed by atoms with Gasteiger partial charge in [0.15, 0.2) is 0 Å². The molecule has 0 aliphatic carbocycles. The normalized spacial score (nSPS) is 24.6. The highest BCUT2D eigenvalue weighted by Gasteiger charge is 2.39. The minimum atomic E-state index is -0.516. The number of hydrogen-bond acceptors (Lipinski definition) is 4. The summed E-state index contributed by atoms with van der Waals surface area (Å²) >= 11 is 0. The van der Waals surface area contributed by atoms with Gasteiger partial charge in [-0.05, 0) is 57.7 Å². The molecule has 0 unspecified atom stereocenters. The number of piperidine rings is 1. The molecule has 1 aromatic carbocycles. The van der Waals surface area contributed by atoms with Gasteiger partial charge in [0.1, 0.15) is 11.4 Å². The fourth-order valence-electron chi connectivity index (χ4n) is 3.39. The number of carbonyl (C=O) groups excluding carboxylic acids is 1. The number of carbonyl (C=O) groups is 1. The molecule has 1 aliphatic rings. The van der Waals surface area contributed by atoms with Crippen LogP contribution in [-0.4, -0.2) is 48.0 Å². The maximum atomic E-state index is 12.4. The summed E-state index contributed by atoms with van der Waals surface area (Å²) < 4.78 is 10.7. The average molecular weight is 335 g/mol. The molecule has 1 N–H and O–H groups in total. The van der Waals surface area contributed by atoms with Crippen molar-refractivity contribution in [3.8, 4) is 5.75 Å². The summed E-state index contributed by atoms with van der Waals surface area (Å²) in [5.74, 6) is 1.02. The molecule has 5 heteroatoms. The lowest BCUT2D eigenvalue weighted by molar-refractivity contribution is -0.00762. The fourth-order valence-corrected chi connectivity index (χ4v) is 3.39. The van der Waals surface area contributed by atoms with E-state index < -0.39 is 5.60 Å². The first-order chi connectivity index (χ1) is 11.3. The topological polar surface area (TPSA) is 59.0 Å². The molecule has 3 atom stereocenters. The van der Waals surface area contributed by atoms with Crippen molar-refractivity contribution in [1.29, 1.82) is 0 Å². The summed E-state index contributed by atoms with van der Waals surface area (Å²) in [5.41, 5.74) is 0.656. The Balaban J connectivity index is 2.14. The Kier molecular flexibility index (Phi) is 5.75. The zero-order valence-electron chi connectivity index (χ0n) is 15.3. The number of rotatable bonds is 3.